The van der Waals surface area contributed by atoms with Crippen molar-refractivity contribution >= 4 is 21.6 Å². The largest absolute Gasteiger partial charge is 0.497 e. The number of ether oxygens (including phenoxy) is 1. The van der Waals surface area contributed by atoms with Gasteiger partial charge in [-0.3, -0.25) is 14.9 Å². The van der Waals surface area contributed by atoms with E-state index in [9.17, 15) is 23.3 Å². The first-order valence-corrected chi connectivity index (χ1v) is 11.1. The number of non-ortho nitro benzene ring substituents is 1. The molecule has 1 aliphatic heterocycles. The number of sulfonamides is 1. The van der Waals surface area contributed by atoms with Crippen LogP contribution in [0.2, 0.25) is 0 Å². The molecule has 10 heteroatoms. The Balaban J connectivity index is 1.49. The lowest BCUT2D eigenvalue weighted by atomic mass is 10.0. The molecular formula is C20H23N3O6S. The SMILES string of the molecule is COc1ccc2c(c1)CCN(S(=O)(=O)CCCNC(=O)c1ccc([N+](=O)[O-])cc1)C2. The molecule has 0 aliphatic carbocycles. The fourth-order valence-electron chi connectivity index (χ4n) is 3.29. The number of carbonyl (C=O) groups excluding carboxylic acids is 1. The smallest absolute Gasteiger partial charge is 0.269 e. The van der Waals surface area contributed by atoms with Crippen LogP contribution in [0.15, 0.2) is 42.5 Å². The number of nitrogens with zero attached hydrogens (tertiary/aromatic N) is 2. The molecule has 0 saturated carbocycles. The minimum absolute atomic E-state index is 0.0704. The number of hydrogen-bond acceptors (Lipinski definition) is 6. The Morgan fingerprint density at radius 1 is 1.20 bits per heavy atom. The standard InChI is InChI=1S/C20H23N3O6S/c1-29-19-8-5-17-14-22(11-9-16(17)13-19)30(27,28)12-2-10-21-20(24)15-3-6-18(7-4-15)23(25)26/h3-8,13H,2,9-12,14H2,1H3,(H,21,24). The van der Waals surface area contributed by atoms with E-state index in [2.05, 4.69) is 5.32 Å². The summed E-state index contributed by atoms with van der Waals surface area (Å²) in [7, 11) is -1.84. The highest BCUT2D eigenvalue weighted by molar-refractivity contribution is 7.89. The maximum Gasteiger partial charge on any atom is 0.269 e. The quantitative estimate of drug-likeness (QED) is 0.387. The molecule has 0 aromatic heterocycles. The minimum atomic E-state index is -3.44. The predicted molar refractivity (Wildman–Crippen MR) is 111 cm³/mol. The zero-order valence-corrected chi connectivity index (χ0v) is 17.4. The molecule has 1 N–H and O–H groups in total. The summed E-state index contributed by atoms with van der Waals surface area (Å²) in [5.41, 5.74) is 2.25. The Bertz CT molecular complexity index is 1040. The minimum Gasteiger partial charge on any atom is -0.497 e. The third-order valence-corrected chi connectivity index (χ3v) is 6.89. The molecule has 0 spiro atoms. The van der Waals surface area contributed by atoms with Gasteiger partial charge in [-0.1, -0.05) is 6.07 Å². The van der Waals surface area contributed by atoms with Crippen molar-refractivity contribution in [2.75, 3.05) is 26.0 Å². The molecule has 0 atom stereocenters. The Morgan fingerprint density at radius 3 is 2.60 bits per heavy atom. The van der Waals surface area contributed by atoms with Crippen LogP contribution < -0.4 is 10.1 Å². The lowest BCUT2D eigenvalue weighted by molar-refractivity contribution is -0.384. The van der Waals surface area contributed by atoms with E-state index >= 15 is 0 Å². The Kier molecular flexibility index (Phi) is 6.68. The van der Waals surface area contributed by atoms with E-state index in [0.29, 0.717) is 19.5 Å². The molecule has 2 aromatic rings. The molecule has 0 bridgehead atoms. The van der Waals surface area contributed by atoms with Crippen molar-refractivity contribution < 1.29 is 22.9 Å². The molecule has 3 rings (SSSR count). The van der Waals surface area contributed by atoms with E-state index in [0.717, 1.165) is 16.9 Å². The van der Waals surface area contributed by atoms with Gasteiger partial charge in [-0.05, 0) is 48.2 Å². The fraction of sp³-hybridized carbons (Fsp3) is 0.350. The third-order valence-electron chi connectivity index (χ3n) is 4.99. The van der Waals surface area contributed by atoms with Crippen LogP contribution in [0.4, 0.5) is 5.69 Å². The summed E-state index contributed by atoms with van der Waals surface area (Å²) in [6, 6.07) is 10.9. The predicted octanol–water partition coefficient (Wildman–Crippen LogP) is 2.11. The number of carbonyl (C=O) groups is 1. The van der Waals surface area contributed by atoms with Crippen LogP contribution in [-0.4, -0.2) is 49.5 Å². The Morgan fingerprint density at radius 2 is 1.93 bits per heavy atom. The van der Waals surface area contributed by atoms with Gasteiger partial charge in [0.1, 0.15) is 5.75 Å². The zero-order chi connectivity index (χ0) is 21.7. The summed E-state index contributed by atoms with van der Waals surface area (Å²) in [4.78, 5) is 22.2. The number of nitrogens with one attached hydrogen (secondary N) is 1. The van der Waals surface area contributed by atoms with Crippen molar-refractivity contribution in [3.05, 3.63) is 69.3 Å². The molecule has 1 aliphatic rings. The van der Waals surface area contributed by atoms with E-state index in [4.69, 9.17) is 4.74 Å². The summed E-state index contributed by atoms with van der Waals surface area (Å²) in [5.74, 6) is 0.288. The first-order valence-electron chi connectivity index (χ1n) is 9.46. The van der Waals surface area contributed by atoms with Gasteiger partial charge in [0, 0.05) is 37.3 Å². The first-order chi connectivity index (χ1) is 14.3. The van der Waals surface area contributed by atoms with Gasteiger partial charge in [0.2, 0.25) is 10.0 Å². The number of amides is 1. The average Bonchev–Trinajstić information content (AvgIpc) is 2.75. The molecule has 9 nitrogen and oxygen atoms in total. The van der Waals surface area contributed by atoms with Crippen molar-refractivity contribution in [1.82, 2.24) is 9.62 Å². The summed E-state index contributed by atoms with van der Waals surface area (Å²) >= 11 is 0. The van der Waals surface area contributed by atoms with Crippen LogP contribution in [0.25, 0.3) is 0 Å². The highest BCUT2D eigenvalue weighted by atomic mass is 32.2. The van der Waals surface area contributed by atoms with Crippen molar-refractivity contribution in [3.63, 3.8) is 0 Å². The maximum atomic E-state index is 12.7. The Hall–Kier alpha value is -2.98. The second-order valence-electron chi connectivity index (χ2n) is 6.95. The van der Waals surface area contributed by atoms with Gasteiger partial charge in [-0.15, -0.1) is 0 Å². The molecular weight excluding hydrogens is 410 g/mol. The first kappa shape index (κ1) is 21.7. The van der Waals surface area contributed by atoms with E-state index in [1.54, 1.807) is 7.11 Å². The number of nitro groups is 1. The van der Waals surface area contributed by atoms with Crippen LogP contribution in [0.3, 0.4) is 0 Å². The molecule has 1 amide bonds. The average molecular weight is 433 g/mol. The fourth-order valence-corrected chi connectivity index (χ4v) is 4.76. The molecule has 2 aromatic carbocycles. The third kappa shape index (κ3) is 5.14. The summed E-state index contributed by atoms with van der Waals surface area (Å²) in [6.45, 7) is 0.936. The van der Waals surface area contributed by atoms with Gasteiger partial charge in [0.25, 0.3) is 11.6 Å². The molecule has 160 valence electrons. The molecule has 0 unspecified atom stereocenters. The second-order valence-corrected chi connectivity index (χ2v) is 9.04. The number of fused-ring (bicyclic) bond motifs is 1. The number of hydrogen-bond donors (Lipinski definition) is 1. The van der Waals surface area contributed by atoms with Crippen LogP contribution in [0.1, 0.15) is 27.9 Å². The van der Waals surface area contributed by atoms with Crippen molar-refractivity contribution in [3.8, 4) is 5.75 Å². The van der Waals surface area contributed by atoms with Gasteiger partial charge in [-0.25, -0.2) is 8.42 Å². The zero-order valence-electron chi connectivity index (χ0n) is 16.5. The monoisotopic (exact) mass is 433 g/mol. The highest BCUT2D eigenvalue weighted by Gasteiger charge is 2.26. The van der Waals surface area contributed by atoms with Crippen molar-refractivity contribution in [1.29, 1.82) is 0 Å². The van der Waals surface area contributed by atoms with E-state index in [1.165, 1.54) is 28.6 Å². The summed E-state index contributed by atoms with van der Waals surface area (Å²) in [5, 5.41) is 13.3. The van der Waals surface area contributed by atoms with Crippen LogP contribution in [-0.2, 0) is 23.0 Å². The van der Waals surface area contributed by atoms with E-state index in [-0.39, 0.29) is 30.0 Å². The van der Waals surface area contributed by atoms with Crippen LogP contribution in [0, 0.1) is 10.1 Å². The number of rotatable bonds is 8. The Labute approximate surface area is 174 Å². The highest BCUT2D eigenvalue weighted by Crippen LogP contribution is 2.25. The summed E-state index contributed by atoms with van der Waals surface area (Å²) in [6.07, 6.45) is 0.898. The molecule has 0 saturated heterocycles. The molecule has 0 fully saturated rings. The van der Waals surface area contributed by atoms with Crippen LogP contribution >= 0.6 is 0 Å². The van der Waals surface area contributed by atoms with Gasteiger partial charge < -0.3 is 10.1 Å². The van der Waals surface area contributed by atoms with E-state index in [1.807, 2.05) is 18.2 Å². The van der Waals surface area contributed by atoms with Crippen LogP contribution in [0.5, 0.6) is 5.75 Å². The van der Waals surface area contributed by atoms with Gasteiger partial charge in [0.05, 0.1) is 17.8 Å². The number of nitro benzene ring substituents is 1. The topological polar surface area (TPSA) is 119 Å². The van der Waals surface area contributed by atoms with E-state index < -0.39 is 20.9 Å². The summed E-state index contributed by atoms with van der Waals surface area (Å²) < 4.78 is 32.0. The van der Waals surface area contributed by atoms with Gasteiger partial charge >= 0.3 is 0 Å². The molecule has 1 heterocycles. The number of methoxy groups -OCH3 is 1. The second kappa shape index (κ2) is 9.23. The van der Waals surface area contributed by atoms with Crippen molar-refractivity contribution in [2.45, 2.75) is 19.4 Å². The van der Waals surface area contributed by atoms with Gasteiger partial charge in [-0.2, -0.15) is 4.31 Å². The lowest BCUT2D eigenvalue weighted by Crippen LogP contribution is -2.38. The number of benzene rings is 2. The molecule has 30 heavy (non-hydrogen) atoms. The lowest BCUT2D eigenvalue weighted by Gasteiger charge is -2.28. The maximum absolute atomic E-state index is 12.7. The normalized spacial score (nSPS) is 14.0. The van der Waals surface area contributed by atoms with Gasteiger partial charge in [0.15, 0.2) is 0 Å². The van der Waals surface area contributed by atoms with Crippen molar-refractivity contribution in [2.24, 2.45) is 0 Å². The molecule has 0 radical (unpaired) electrons.